The highest BCUT2D eigenvalue weighted by Gasteiger charge is 2.41. The van der Waals surface area contributed by atoms with Crippen LogP contribution in [0.2, 0.25) is 0 Å². The van der Waals surface area contributed by atoms with E-state index in [9.17, 15) is 17.6 Å². The Labute approximate surface area is 191 Å². The Hall–Kier alpha value is -3.52. The first kappa shape index (κ1) is 22.7. The van der Waals surface area contributed by atoms with Crippen LogP contribution in [-0.4, -0.2) is 53.6 Å². The maximum Gasteiger partial charge on any atom is 0.387 e. The van der Waals surface area contributed by atoms with Crippen molar-refractivity contribution in [2.75, 3.05) is 0 Å². The molecule has 0 aliphatic heterocycles. The topological polar surface area (TPSA) is 106 Å². The van der Waals surface area contributed by atoms with E-state index in [1.54, 1.807) is 0 Å². The molecule has 0 atom stereocenters. The van der Waals surface area contributed by atoms with Crippen molar-refractivity contribution in [3.05, 3.63) is 60.2 Å². The van der Waals surface area contributed by atoms with Gasteiger partial charge in [-0.05, 0) is 69.4 Å². The van der Waals surface area contributed by atoms with E-state index in [4.69, 9.17) is 23.2 Å². The predicted molar refractivity (Wildman–Crippen MR) is 104 cm³/mol. The Morgan fingerprint density at radius 3 is 1.36 bits per heavy atom. The monoisotopic (exact) mass is 504 g/mol. The maximum atomic E-state index is 12.4. The molecular weight excluding hydrogens is 495 g/mol. The van der Waals surface area contributed by atoms with Crippen molar-refractivity contribution in [1.82, 2.24) is 40.4 Å². The van der Waals surface area contributed by atoms with Crippen LogP contribution >= 0.6 is 23.2 Å². The van der Waals surface area contributed by atoms with Gasteiger partial charge >= 0.3 is 13.2 Å². The van der Waals surface area contributed by atoms with Gasteiger partial charge in [0.1, 0.15) is 11.5 Å². The van der Waals surface area contributed by atoms with E-state index in [1.807, 2.05) is 0 Å². The maximum absolute atomic E-state index is 12.4. The summed E-state index contributed by atoms with van der Waals surface area (Å²) >= 11 is 13.1. The molecule has 0 saturated carbocycles. The van der Waals surface area contributed by atoms with Gasteiger partial charge in [-0.15, -0.1) is 10.2 Å². The van der Waals surface area contributed by atoms with Gasteiger partial charge in [0.15, 0.2) is 0 Å². The van der Waals surface area contributed by atoms with Crippen molar-refractivity contribution >= 4 is 23.2 Å². The lowest BCUT2D eigenvalue weighted by atomic mass is 10.2. The van der Waals surface area contributed by atoms with Crippen LogP contribution < -0.4 is 9.47 Å². The van der Waals surface area contributed by atoms with Crippen molar-refractivity contribution in [2.45, 2.75) is 17.6 Å². The van der Waals surface area contributed by atoms with E-state index >= 15 is 0 Å². The molecule has 0 spiro atoms. The van der Waals surface area contributed by atoms with Crippen molar-refractivity contribution in [3.63, 3.8) is 0 Å². The normalized spacial score (nSPS) is 11.9. The summed E-state index contributed by atoms with van der Waals surface area (Å²) in [5.74, 6) is -0.367. The Balaban J connectivity index is 1.66. The largest absolute Gasteiger partial charge is 0.435 e. The molecule has 10 nitrogen and oxygen atoms in total. The van der Waals surface area contributed by atoms with E-state index in [1.165, 1.54) is 48.5 Å². The molecule has 0 fully saturated rings. The lowest BCUT2D eigenvalue weighted by molar-refractivity contribution is -0.0505. The molecule has 4 aromatic rings. The number of aromatic nitrogens is 8. The minimum Gasteiger partial charge on any atom is -0.435 e. The summed E-state index contributed by atoms with van der Waals surface area (Å²) in [6, 6.07) is 10.8. The number of hydrogen-bond donors (Lipinski definition) is 0. The summed E-state index contributed by atoms with van der Waals surface area (Å²) in [5, 5.41) is 22.5. The number of ether oxygens (including phenoxy) is 2. The van der Waals surface area contributed by atoms with Gasteiger partial charge in [0.25, 0.3) is 0 Å². The highest BCUT2D eigenvalue weighted by molar-refractivity contribution is 6.49. The van der Waals surface area contributed by atoms with Crippen LogP contribution in [0.3, 0.4) is 0 Å². The smallest absolute Gasteiger partial charge is 0.387 e. The van der Waals surface area contributed by atoms with Gasteiger partial charge in [0.05, 0.1) is 11.4 Å². The zero-order valence-corrected chi connectivity index (χ0v) is 17.4. The minimum atomic E-state index is -2.98. The SMILES string of the molecule is FC(F)Oc1ccc(-n2nnnc2C(Cl)(Cl)c2nnnn2-c2ccc(OC(F)F)cc2)cc1. The molecule has 0 aliphatic carbocycles. The summed E-state index contributed by atoms with van der Waals surface area (Å²) in [4.78, 5) is 0. The molecule has 4 rings (SSSR count). The molecule has 0 unspecified atom stereocenters. The van der Waals surface area contributed by atoms with Crippen molar-refractivity contribution in [3.8, 4) is 22.9 Å². The number of tetrazole rings is 2. The molecule has 0 saturated heterocycles. The first-order valence-electron chi connectivity index (χ1n) is 8.81. The molecule has 0 radical (unpaired) electrons. The van der Waals surface area contributed by atoms with E-state index < -0.39 is 17.6 Å². The standard InChI is InChI=1S/C17H10Cl2F4N8O2/c18-17(19,13-24-26-28-30(13)9-1-5-11(6-2-9)32-15(20)21)14-25-27-29-31(14)10-3-7-12(8-4-10)33-16(22)23/h1-8,15-16H. The fourth-order valence-electron chi connectivity index (χ4n) is 2.75. The third-order valence-corrected chi connectivity index (χ3v) is 4.79. The van der Waals surface area contributed by atoms with E-state index in [0.717, 1.165) is 9.36 Å². The van der Waals surface area contributed by atoms with E-state index in [0.29, 0.717) is 11.4 Å². The van der Waals surface area contributed by atoms with Crippen LogP contribution in [0.4, 0.5) is 17.6 Å². The minimum absolute atomic E-state index is 0.0744. The summed E-state index contributed by atoms with van der Waals surface area (Å²) in [6.45, 7) is -5.96. The van der Waals surface area contributed by atoms with Crippen LogP contribution in [-0.2, 0) is 4.33 Å². The molecule has 0 aliphatic rings. The number of nitrogens with zero attached hydrogens (tertiary/aromatic N) is 8. The number of hydrogen-bond acceptors (Lipinski definition) is 8. The number of rotatable bonds is 8. The Morgan fingerprint density at radius 2 is 1.03 bits per heavy atom. The molecular formula is C17H10Cl2F4N8O2. The second-order valence-electron chi connectivity index (χ2n) is 6.15. The van der Waals surface area contributed by atoms with E-state index in [-0.39, 0.29) is 23.1 Å². The first-order valence-corrected chi connectivity index (χ1v) is 9.57. The third-order valence-electron chi connectivity index (χ3n) is 4.11. The fourth-order valence-corrected chi connectivity index (χ4v) is 3.22. The fraction of sp³-hybridized carbons (Fsp3) is 0.176. The lowest BCUT2D eigenvalue weighted by Crippen LogP contribution is -2.24. The molecule has 33 heavy (non-hydrogen) atoms. The van der Waals surface area contributed by atoms with Crippen molar-refractivity contribution < 1.29 is 27.0 Å². The number of benzene rings is 2. The lowest BCUT2D eigenvalue weighted by Gasteiger charge is -2.18. The molecule has 16 heteroatoms. The predicted octanol–water partition coefficient (Wildman–Crippen LogP) is 3.52. The average Bonchev–Trinajstić information content (AvgIpc) is 3.45. The number of halogens is 6. The summed E-state index contributed by atoms with van der Waals surface area (Å²) in [6.07, 6.45) is 0. The van der Waals surface area contributed by atoms with Gasteiger partial charge in [-0.1, -0.05) is 23.2 Å². The molecule has 0 amide bonds. The zero-order valence-electron chi connectivity index (χ0n) is 15.9. The molecule has 172 valence electrons. The summed E-state index contributed by atoms with van der Waals surface area (Å²) in [7, 11) is 0. The van der Waals surface area contributed by atoms with Crippen LogP contribution in [0.25, 0.3) is 11.4 Å². The summed E-state index contributed by atoms with van der Waals surface area (Å²) in [5.41, 5.74) is 0.657. The van der Waals surface area contributed by atoms with Gasteiger partial charge < -0.3 is 9.47 Å². The van der Waals surface area contributed by atoms with Gasteiger partial charge in [0.2, 0.25) is 16.0 Å². The van der Waals surface area contributed by atoms with Crippen LogP contribution in [0.5, 0.6) is 11.5 Å². The molecule has 2 aromatic carbocycles. The average molecular weight is 505 g/mol. The third kappa shape index (κ3) is 4.80. The second kappa shape index (κ2) is 9.15. The Bertz CT molecular complexity index is 1120. The molecule has 2 aromatic heterocycles. The second-order valence-corrected chi connectivity index (χ2v) is 7.48. The zero-order chi connectivity index (χ0) is 23.6. The Kier molecular flexibility index (Phi) is 6.29. The molecule has 0 N–H and O–H groups in total. The molecule has 0 bridgehead atoms. The van der Waals surface area contributed by atoms with E-state index in [2.05, 4.69) is 40.5 Å². The van der Waals surface area contributed by atoms with Gasteiger partial charge in [-0.2, -0.15) is 26.9 Å². The quantitative estimate of drug-likeness (QED) is 0.265. The van der Waals surface area contributed by atoms with Gasteiger partial charge in [-0.3, -0.25) is 0 Å². The highest BCUT2D eigenvalue weighted by Crippen LogP contribution is 2.39. The highest BCUT2D eigenvalue weighted by atomic mass is 35.5. The van der Waals surface area contributed by atoms with Gasteiger partial charge in [0, 0.05) is 0 Å². The molecule has 2 heterocycles. The van der Waals surface area contributed by atoms with Crippen LogP contribution in [0, 0.1) is 0 Å². The first-order chi connectivity index (χ1) is 15.8. The van der Waals surface area contributed by atoms with Crippen molar-refractivity contribution in [1.29, 1.82) is 0 Å². The van der Waals surface area contributed by atoms with Crippen LogP contribution in [0.1, 0.15) is 11.6 Å². The van der Waals surface area contributed by atoms with Crippen molar-refractivity contribution in [2.24, 2.45) is 0 Å². The summed E-state index contributed by atoms with van der Waals surface area (Å²) < 4.78 is 58.4. The number of alkyl halides is 6. The van der Waals surface area contributed by atoms with Crippen LogP contribution in [0.15, 0.2) is 48.5 Å². The Morgan fingerprint density at radius 1 is 0.667 bits per heavy atom. The van der Waals surface area contributed by atoms with Gasteiger partial charge in [-0.25, -0.2) is 0 Å².